The van der Waals surface area contributed by atoms with Crippen LogP contribution in [0, 0.1) is 0 Å². The molecule has 130 valence electrons. The van der Waals surface area contributed by atoms with Gasteiger partial charge < -0.3 is 0 Å². The van der Waals surface area contributed by atoms with Crippen molar-refractivity contribution in [3.8, 4) is 0 Å². The fraction of sp³-hybridized carbons (Fsp3) is 0.133. The topological polar surface area (TPSA) is 54.9 Å². The number of nitrogens with zero attached hydrogens (tertiary/aromatic N) is 2. The lowest BCUT2D eigenvalue weighted by Crippen LogP contribution is -2.12. The van der Waals surface area contributed by atoms with Crippen molar-refractivity contribution in [3.05, 3.63) is 57.2 Å². The number of aromatic nitrogens is 2. The molecule has 0 aliphatic rings. The van der Waals surface area contributed by atoms with Gasteiger partial charge in [0.25, 0.3) is 5.91 Å². The molecule has 10 heteroatoms. The number of thiophene rings is 1. The van der Waals surface area contributed by atoms with E-state index in [0.29, 0.717) is 22.7 Å². The molecule has 4 nitrogen and oxygen atoms in total. The van der Waals surface area contributed by atoms with Crippen LogP contribution in [-0.2, 0) is 11.9 Å². The Hall–Kier alpha value is -1.91. The van der Waals surface area contributed by atoms with Crippen molar-refractivity contribution >= 4 is 45.5 Å². The second-order valence-corrected chi connectivity index (χ2v) is 7.76. The first-order chi connectivity index (χ1) is 11.9. The summed E-state index contributed by atoms with van der Waals surface area (Å²) in [6, 6.07) is 10.9. The van der Waals surface area contributed by atoms with E-state index in [4.69, 9.17) is 0 Å². The molecular formula is C15H10F3N3OS3. The Kier molecular flexibility index (Phi) is 5.40. The van der Waals surface area contributed by atoms with Gasteiger partial charge in [-0.2, -0.15) is 13.2 Å². The minimum Gasteiger partial charge on any atom is -0.296 e. The van der Waals surface area contributed by atoms with Crippen LogP contribution in [0.1, 0.15) is 20.2 Å². The molecule has 0 bridgehead atoms. The third-order valence-corrected chi connectivity index (χ3v) is 6.03. The molecule has 0 saturated carbocycles. The molecule has 0 atom stereocenters. The van der Waals surface area contributed by atoms with Gasteiger partial charge in [-0.3, -0.25) is 10.1 Å². The molecule has 2 aromatic heterocycles. The average molecular weight is 401 g/mol. The number of benzene rings is 1. The molecule has 0 spiro atoms. The van der Waals surface area contributed by atoms with Crippen LogP contribution >= 0.6 is 34.4 Å². The number of hydrogen-bond donors (Lipinski definition) is 1. The van der Waals surface area contributed by atoms with Crippen LogP contribution in [-0.4, -0.2) is 16.1 Å². The smallest absolute Gasteiger partial charge is 0.296 e. The quantitative estimate of drug-likeness (QED) is 0.600. The largest absolute Gasteiger partial charge is 0.445 e. The highest BCUT2D eigenvalue weighted by molar-refractivity contribution is 7.98. The number of amides is 1. The SMILES string of the molecule is O=C(Nc1nnc(C(F)(F)F)s1)c1ccccc1SCc1cccs1. The first-order valence-corrected chi connectivity index (χ1v) is 9.58. The lowest BCUT2D eigenvalue weighted by Gasteiger charge is -2.07. The Morgan fingerprint density at radius 1 is 1.16 bits per heavy atom. The van der Waals surface area contributed by atoms with Gasteiger partial charge in [0.15, 0.2) is 0 Å². The van der Waals surface area contributed by atoms with Crippen LogP contribution < -0.4 is 5.32 Å². The third-order valence-electron chi connectivity index (χ3n) is 2.97. The Balaban J connectivity index is 1.72. The summed E-state index contributed by atoms with van der Waals surface area (Å²) in [4.78, 5) is 14.3. The second kappa shape index (κ2) is 7.54. The van der Waals surface area contributed by atoms with E-state index in [1.54, 1.807) is 35.6 Å². The summed E-state index contributed by atoms with van der Waals surface area (Å²) in [6.45, 7) is 0. The molecule has 0 fully saturated rings. The molecule has 3 aromatic rings. The highest BCUT2D eigenvalue weighted by Crippen LogP contribution is 2.33. The molecule has 1 amide bonds. The molecule has 2 heterocycles. The zero-order valence-corrected chi connectivity index (χ0v) is 14.9. The molecule has 0 aliphatic carbocycles. The number of rotatable bonds is 5. The lowest BCUT2D eigenvalue weighted by atomic mass is 10.2. The third kappa shape index (κ3) is 4.59. The summed E-state index contributed by atoms with van der Waals surface area (Å²) in [5.74, 6) is 0.193. The van der Waals surface area contributed by atoms with Crippen molar-refractivity contribution in [2.45, 2.75) is 16.8 Å². The zero-order valence-electron chi connectivity index (χ0n) is 12.4. The van der Waals surface area contributed by atoms with Gasteiger partial charge >= 0.3 is 6.18 Å². The molecule has 1 N–H and O–H groups in total. The van der Waals surface area contributed by atoms with Gasteiger partial charge in [-0.25, -0.2) is 0 Å². The molecular weight excluding hydrogens is 391 g/mol. The Morgan fingerprint density at radius 2 is 1.96 bits per heavy atom. The van der Waals surface area contributed by atoms with E-state index < -0.39 is 17.1 Å². The van der Waals surface area contributed by atoms with Gasteiger partial charge in [-0.05, 0) is 23.6 Å². The first kappa shape index (κ1) is 17.9. The van der Waals surface area contributed by atoms with E-state index in [0.717, 1.165) is 4.90 Å². The summed E-state index contributed by atoms with van der Waals surface area (Å²) in [7, 11) is 0. The summed E-state index contributed by atoms with van der Waals surface area (Å²) in [6.07, 6.45) is -4.57. The predicted molar refractivity (Wildman–Crippen MR) is 93.2 cm³/mol. The number of carbonyl (C=O) groups is 1. The molecule has 0 aliphatic heterocycles. The number of halogens is 3. The number of alkyl halides is 3. The molecule has 1 aromatic carbocycles. The summed E-state index contributed by atoms with van der Waals surface area (Å²) in [5.41, 5.74) is 0.382. The second-order valence-electron chi connectivity index (χ2n) is 4.73. The van der Waals surface area contributed by atoms with Crippen LogP contribution in [0.2, 0.25) is 0 Å². The fourth-order valence-electron chi connectivity index (χ4n) is 1.88. The summed E-state index contributed by atoms with van der Waals surface area (Å²) < 4.78 is 37.7. The van der Waals surface area contributed by atoms with E-state index in [1.807, 2.05) is 17.5 Å². The van der Waals surface area contributed by atoms with Crippen LogP contribution in [0.4, 0.5) is 18.3 Å². The normalized spacial score (nSPS) is 11.5. The van der Waals surface area contributed by atoms with Crippen LogP contribution in [0.15, 0.2) is 46.7 Å². The number of carbonyl (C=O) groups excluding carboxylic acids is 1. The van der Waals surface area contributed by atoms with Crippen LogP contribution in [0.5, 0.6) is 0 Å². The van der Waals surface area contributed by atoms with Crippen molar-refractivity contribution in [1.29, 1.82) is 0 Å². The number of thioether (sulfide) groups is 1. The molecule has 25 heavy (non-hydrogen) atoms. The number of nitrogens with one attached hydrogen (secondary N) is 1. The molecule has 0 saturated heterocycles. The van der Waals surface area contributed by atoms with Crippen molar-refractivity contribution in [2.75, 3.05) is 5.32 Å². The van der Waals surface area contributed by atoms with Gasteiger partial charge in [0.05, 0.1) is 5.56 Å². The Morgan fingerprint density at radius 3 is 2.64 bits per heavy atom. The van der Waals surface area contributed by atoms with E-state index in [-0.39, 0.29) is 5.13 Å². The monoisotopic (exact) mass is 401 g/mol. The number of anilines is 1. The number of hydrogen-bond acceptors (Lipinski definition) is 6. The summed E-state index contributed by atoms with van der Waals surface area (Å²) in [5, 5.41) is 9.50. The van der Waals surface area contributed by atoms with Gasteiger partial charge in [0.2, 0.25) is 10.1 Å². The highest BCUT2D eigenvalue weighted by Gasteiger charge is 2.35. The van der Waals surface area contributed by atoms with Crippen molar-refractivity contribution in [1.82, 2.24) is 10.2 Å². The molecule has 0 unspecified atom stereocenters. The maximum Gasteiger partial charge on any atom is 0.445 e. The minimum absolute atomic E-state index is 0.185. The summed E-state index contributed by atoms with van der Waals surface area (Å²) >= 11 is 3.41. The van der Waals surface area contributed by atoms with E-state index in [2.05, 4.69) is 15.5 Å². The van der Waals surface area contributed by atoms with Gasteiger partial charge in [-0.1, -0.05) is 29.5 Å². The first-order valence-electron chi connectivity index (χ1n) is 6.90. The lowest BCUT2D eigenvalue weighted by molar-refractivity contribution is -0.138. The molecule has 3 rings (SSSR count). The predicted octanol–water partition coefficient (Wildman–Crippen LogP) is 5.16. The maximum absolute atomic E-state index is 12.6. The molecule has 0 radical (unpaired) electrons. The Labute approximate surface area is 153 Å². The van der Waals surface area contributed by atoms with Crippen LogP contribution in [0.25, 0.3) is 0 Å². The van der Waals surface area contributed by atoms with Crippen molar-refractivity contribution in [3.63, 3.8) is 0 Å². The van der Waals surface area contributed by atoms with Crippen LogP contribution in [0.3, 0.4) is 0 Å². The maximum atomic E-state index is 12.6. The van der Waals surface area contributed by atoms with Gasteiger partial charge in [-0.15, -0.1) is 33.3 Å². The average Bonchev–Trinajstić information content (AvgIpc) is 3.24. The van der Waals surface area contributed by atoms with Crippen molar-refractivity contribution in [2.24, 2.45) is 0 Å². The highest BCUT2D eigenvalue weighted by atomic mass is 32.2. The standard InChI is InChI=1S/C15H10F3N3OS3/c16-15(17,18)13-20-21-14(25-13)19-12(22)10-5-1-2-6-11(10)24-8-9-4-3-7-23-9/h1-7H,8H2,(H,19,21,22). The van der Waals surface area contributed by atoms with E-state index in [1.165, 1.54) is 16.6 Å². The van der Waals surface area contributed by atoms with E-state index >= 15 is 0 Å². The van der Waals surface area contributed by atoms with E-state index in [9.17, 15) is 18.0 Å². The van der Waals surface area contributed by atoms with Crippen molar-refractivity contribution < 1.29 is 18.0 Å². The Bertz CT molecular complexity index is 862. The van der Waals surface area contributed by atoms with Gasteiger partial charge in [0, 0.05) is 15.5 Å². The van der Waals surface area contributed by atoms with Gasteiger partial charge in [0.1, 0.15) is 0 Å². The minimum atomic E-state index is -4.57. The fourth-order valence-corrected chi connectivity index (χ4v) is 4.31. The zero-order chi connectivity index (χ0) is 17.9.